The lowest BCUT2D eigenvalue weighted by Crippen LogP contribution is -2.34. The third-order valence-corrected chi connectivity index (χ3v) is 3.11. The zero-order valence-electron chi connectivity index (χ0n) is 13.1. The molecule has 0 aliphatic carbocycles. The van der Waals surface area contributed by atoms with Crippen molar-refractivity contribution >= 4 is 11.7 Å². The van der Waals surface area contributed by atoms with Crippen LogP contribution in [0.2, 0.25) is 0 Å². The van der Waals surface area contributed by atoms with E-state index in [1.165, 1.54) is 6.92 Å². The molecule has 4 nitrogen and oxygen atoms in total. The van der Waals surface area contributed by atoms with Crippen LogP contribution >= 0.6 is 0 Å². The van der Waals surface area contributed by atoms with Crippen LogP contribution in [0.25, 0.3) is 0 Å². The zero-order chi connectivity index (χ0) is 14.7. The molecule has 19 heavy (non-hydrogen) atoms. The average Bonchev–Trinajstić information content (AvgIpc) is 2.35. The highest BCUT2D eigenvalue weighted by Crippen LogP contribution is 2.02. The number of Topliss-reactive ketones (excluding diaryl/α,β-unsaturated/α-hetero) is 1. The first-order chi connectivity index (χ1) is 9.01. The largest absolute Gasteiger partial charge is 0.343 e. The summed E-state index contributed by atoms with van der Waals surface area (Å²) in [5, 5.41) is 0. The van der Waals surface area contributed by atoms with Gasteiger partial charge in [0.1, 0.15) is 5.78 Å². The number of carbonyl (C=O) groups excluding carboxylic acids is 2. The van der Waals surface area contributed by atoms with E-state index >= 15 is 0 Å². The molecule has 0 aromatic rings. The number of nitrogens with zero attached hydrogens (tertiary/aromatic N) is 2. The molecule has 1 amide bonds. The third kappa shape index (κ3) is 9.65. The van der Waals surface area contributed by atoms with Gasteiger partial charge in [0.05, 0.1) is 0 Å². The van der Waals surface area contributed by atoms with Gasteiger partial charge < -0.3 is 14.6 Å². The van der Waals surface area contributed by atoms with Crippen LogP contribution < -0.4 is 0 Å². The quantitative estimate of drug-likeness (QED) is 0.578. The number of rotatable bonds is 11. The van der Waals surface area contributed by atoms with Gasteiger partial charge in [0.15, 0.2) is 0 Å². The number of amides is 1. The minimum Gasteiger partial charge on any atom is -0.343 e. The summed E-state index contributed by atoms with van der Waals surface area (Å²) in [7, 11) is 2.12. The molecule has 0 aromatic heterocycles. The predicted octanol–water partition coefficient (Wildman–Crippen LogP) is 2.33. The van der Waals surface area contributed by atoms with Crippen molar-refractivity contribution in [2.75, 3.05) is 33.2 Å². The SMILES string of the molecule is CCCN(C)CCCN(CCC)C(=O)CCC(C)=O. The molecule has 0 atom stereocenters. The summed E-state index contributed by atoms with van der Waals surface area (Å²) in [6, 6.07) is 0. The number of hydrogen-bond acceptors (Lipinski definition) is 3. The minimum absolute atomic E-state index is 0.0903. The molecule has 0 radical (unpaired) electrons. The lowest BCUT2D eigenvalue weighted by molar-refractivity contribution is -0.133. The normalized spacial score (nSPS) is 10.8. The van der Waals surface area contributed by atoms with Crippen molar-refractivity contribution in [1.29, 1.82) is 0 Å². The van der Waals surface area contributed by atoms with E-state index in [9.17, 15) is 9.59 Å². The smallest absolute Gasteiger partial charge is 0.223 e. The van der Waals surface area contributed by atoms with Crippen molar-refractivity contribution in [2.45, 2.75) is 52.9 Å². The van der Waals surface area contributed by atoms with E-state index in [0.717, 1.165) is 45.4 Å². The lowest BCUT2D eigenvalue weighted by atomic mass is 10.2. The Bertz CT molecular complexity index is 267. The summed E-state index contributed by atoms with van der Waals surface area (Å²) in [6.45, 7) is 9.52. The maximum Gasteiger partial charge on any atom is 0.223 e. The van der Waals surface area contributed by atoms with E-state index < -0.39 is 0 Å². The fourth-order valence-corrected chi connectivity index (χ4v) is 2.10. The summed E-state index contributed by atoms with van der Waals surface area (Å²) < 4.78 is 0. The standard InChI is InChI=1S/C15H30N2O2/c1-5-10-16(4)12-7-13-17(11-6-2)15(19)9-8-14(3)18/h5-13H2,1-4H3. The second-order valence-electron chi connectivity index (χ2n) is 5.24. The molecule has 0 N–H and O–H groups in total. The van der Waals surface area contributed by atoms with Gasteiger partial charge in [-0.2, -0.15) is 0 Å². The molecule has 0 unspecified atom stereocenters. The van der Waals surface area contributed by atoms with Crippen molar-refractivity contribution in [3.05, 3.63) is 0 Å². The highest BCUT2D eigenvalue weighted by Gasteiger charge is 2.13. The van der Waals surface area contributed by atoms with E-state index in [2.05, 4.69) is 25.8 Å². The fraction of sp³-hybridized carbons (Fsp3) is 0.867. The Labute approximate surface area is 118 Å². The van der Waals surface area contributed by atoms with Crippen LogP contribution in [-0.4, -0.2) is 54.7 Å². The topological polar surface area (TPSA) is 40.6 Å². The second kappa shape index (κ2) is 11.0. The van der Waals surface area contributed by atoms with Gasteiger partial charge in [0, 0.05) is 25.9 Å². The van der Waals surface area contributed by atoms with Gasteiger partial charge in [-0.1, -0.05) is 13.8 Å². The molecule has 4 heteroatoms. The van der Waals surface area contributed by atoms with E-state index in [0.29, 0.717) is 12.8 Å². The summed E-state index contributed by atoms with van der Waals surface area (Å²) >= 11 is 0. The molecule has 0 rings (SSSR count). The van der Waals surface area contributed by atoms with Gasteiger partial charge in [-0.3, -0.25) is 4.79 Å². The number of carbonyl (C=O) groups is 2. The van der Waals surface area contributed by atoms with Crippen LogP contribution in [0.4, 0.5) is 0 Å². The van der Waals surface area contributed by atoms with E-state index in [1.54, 1.807) is 0 Å². The highest BCUT2D eigenvalue weighted by atomic mass is 16.2. The minimum atomic E-state index is 0.0903. The van der Waals surface area contributed by atoms with Crippen LogP contribution in [0.15, 0.2) is 0 Å². The number of hydrogen-bond donors (Lipinski definition) is 0. The zero-order valence-corrected chi connectivity index (χ0v) is 13.1. The van der Waals surface area contributed by atoms with E-state index in [4.69, 9.17) is 0 Å². The van der Waals surface area contributed by atoms with Gasteiger partial charge >= 0.3 is 0 Å². The first kappa shape index (κ1) is 18.1. The van der Waals surface area contributed by atoms with Crippen molar-refractivity contribution in [2.24, 2.45) is 0 Å². The molecule has 0 aliphatic heterocycles. The fourth-order valence-electron chi connectivity index (χ4n) is 2.10. The van der Waals surface area contributed by atoms with E-state index in [-0.39, 0.29) is 11.7 Å². The summed E-state index contributed by atoms with van der Waals surface area (Å²) in [4.78, 5) is 27.1. The Kier molecular flexibility index (Phi) is 10.5. The molecule has 0 aliphatic rings. The maximum atomic E-state index is 12.0. The maximum absolute atomic E-state index is 12.0. The van der Waals surface area contributed by atoms with Gasteiger partial charge in [-0.25, -0.2) is 0 Å². The summed E-state index contributed by atoms with van der Waals surface area (Å²) in [5.74, 6) is 0.211. The molecule has 0 fully saturated rings. The monoisotopic (exact) mass is 270 g/mol. The summed E-state index contributed by atoms with van der Waals surface area (Å²) in [6.07, 6.45) is 3.86. The van der Waals surface area contributed by atoms with Gasteiger partial charge in [-0.15, -0.1) is 0 Å². The molecule has 0 aromatic carbocycles. The summed E-state index contributed by atoms with van der Waals surface area (Å²) in [5.41, 5.74) is 0. The highest BCUT2D eigenvalue weighted by molar-refractivity contribution is 5.83. The molecule has 0 spiro atoms. The van der Waals surface area contributed by atoms with Crippen LogP contribution in [-0.2, 0) is 9.59 Å². The average molecular weight is 270 g/mol. The van der Waals surface area contributed by atoms with Crippen molar-refractivity contribution < 1.29 is 9.59 Å². The molecule has 0 saturated carbocycles. The molecule has 0 heterocycles. The Balaban J connectivity index is 4.03. The van der Waals surface area contributed by atoms with Crippen molar-refractivity contribution in [3.63, 3.8) is 0 Å². The van der Waals surface area contributed by atoms with Gasteiger partial charge in [0.2, 0.25) is 5.91 Å². The first-order valence-electron chi connectivity index (χ1n) is 7.47. The lowest BCUT2D eigenvalue weighted by Gasteiger charge is -2.23. The third-order valence-electron chi connectivity index (χ3n) is 3.11. The first-order valence-corrected chi connectivity index (χ1v) is 7.47. The molecule has 0 saturated heterocycles. The van der Waals surface area contributed by atoms with E-state index in [1.807, 2.05) is 4.90 Å². The van der Waals surface area contributed by atoms with Crippen LogP contribution in [0.3, 0.4) is 0 Å². The Morgan fingerprint density at radius 3 is 2.05 bits per heavy atom. The van der Waals surface area contributed by atoms with Gasteiger partial charge in [0.25, 0.3) is 0 Å². The second-order valence-corrected chi connectivity index (χ2v) is 5.24. The van der Waals surface area contributed by atoms with Gasteiger partial charge in [-0.05, 0) is 46.3 Å². The Hall–Kier alpha value is -0.900. The van der Waals surface area contributed by atoms with Crippen molar-refractivity contribution in [1.82, 2.24) is 9.80 Å². The van der Waals surface area contributed by atoms with Crippen LogP contribution in [0.1, 0.15) is 52.9 Å². The molecule has 112 valence electrons. The Morgan fingerprint density at radius 1 is 0.895 bits per heavy atom. The van der Waals surface area contributed by atoms with Crippen molar-refractivity contribution in [3.8, 4) is 0 Å². The predicted molar refractivity (Wildman–Crippen MR) is 79.2 cm³/mol. The molecular weight excluding hydrogens is 240 g/mol. The van der Waals surface area contributed by atoms with Crippen LogP contribution in [0, 0.1) is 0 Å². The number of ketones is 1. The molecular formula is C15H30N2O2. The Morgan fingerprint density at radius 2 is 1.53 bits per heavy atom. The van der Waals surface area contributed by atoms with Crippen LogP contribution in [0.5, 0.6) is 0 Å². The molecule has 0 bridgehead atoms.